The number of thioether (sulfide) groups is 1. The van der Waals surface area contributed by atoms with Crippen molar-refractivity contribution in [3.05, 3.63) is 29.1 Å². The smallest absolute Gasteiger partial charge is 0.204 e. The molecule has 1 aromatic rings. The molecule has 0 fully saturated rings. The molecule has 1 rings (SSSR count). The highest BCUT2D eigenvalue weighted by molar-refractivity contribution is 7.99. The van der Waals surface area contributed by atoms with E-state index in [0.717, 1.165) is 0 Å². The number of nitriles is 1. The van der Waals surface area contributed by atoms with Gasteiger partial charge in [-0.1, -0.05) is 47.8 Å². The van der Waals surface area contributed by atoms with Crippen LogP contribution >= 0.6 is 46.6 Å². The molecule has 1 nitrogen and oxygen atoms in total. The zero-order valence-corrected chi connectivity index (χ0v) is 11.3. The minimum Gasteiger partial charge on any atom is -0.204 e. The van der Waals surface area contributed by atoms with Crippen LogP contribution in [-0.2, 0) is 3.79 Å². The number of nitrogens with zero attached hydrogens (tertiary/aromatic N) is 1. The van der Waals surface area contributed by atoms with Gasteiger partial charge in [0.05, 0.1) is 10.5 Å². The Balaban J connectivity index is 3.42. The van der Waals surface area contributed by atoms with Crippen molar-refractivity contribution in [2.45, 2.75) is 15.6 Å². The van der Waals surface area contributed by atoms with Gasteiger partial charge in [-0.25, -0.2) is 4.39 Å². The van der Waals surface area contributed by atoms with Gasteiger partial charge in [0.15, 0.2) is 5.82 Å². The van der Waals surface area contributed by atoms with Gasteiger partial charge in [-0.05, 0) is 11.8 Å². The van der Waals surface area contributed by atoms with Gasteiger partial charge in [0.25, 0.3) is 0 Å². The predicted molar refractivity (Wildman–Crippen MR) is 66.8 cm³/mol. The van der Waals surface area contributed by atoms with E-state index in [4.69, 9.17) is 40.1 Å². The van der Waals surface area contributed by atoms with Gasteiger partial charge in [-0.3, -0.25) is 0 Å². The minimum atomic E-state index is -1.69. The summed E-state index contributed by atoms with van der Waals surface area (Å²) in [5, 5.41) is 8.71. The molecule has 1 aromatic carbocycles. The van der Waals surface area contributed by atoms with Crippen LogP contribution in [0.4, 0.5) is 4.39 Å². The lowest BCUT2D eigenvalue weighted by molar-refractivity contribution is 0.594. The van der Waals surface area contributed by atoms with Crippen molar-refractivity contribution in [1.82, 2.24) is 0 Å². The van der Waals surface area contributed by atoms with Crippen LogP contribution in [0.15, 0.2) is 17.0 Å². The molecule has 0 atom stereocenters. The second-order valence-electron chi connectivity index (χ2n) is 2.85. The van der Waals surface area contributed by atoms with E-state index in [-0.39, 0.29) is 16.0 Å². The van der Waals surface area contributed by atoms with E-state index in [1.54, 1.807) is 6.07 Å². The van der Waals surface area contributed by atoms with Crippen LogP contribution in [-0.4, -0.2) is 5.75 Å². The van der Waals surface area contributed by atoms with E-state index >= 15 is 0 Å². The van der Waals surface area contributed by atoms with Gasteiger partial charge < -0.3 is 0 Å². The first-order chi connectivity index (χ1) is 7.41. The Hall–Kier alpha value is -0.140. The Kier molecular flexibility index (Phi) is 4.75. The largest absolute Gasteiger partial charge is 0.217 e. The Labute approximate surface area is 112 Å². The monoisotopic (exact) mass is 297 g/mol. The fourth-order valence-electron chi connectivity index (χ4n) is 1.15. The van der Waals surface area contributed by atoms with Crippen molar-refractivity contribution in [1.29, 1.82) is 5.26 Å². The summed E-state index contributed by atoms with van der Waals surface area (Å²) in [6, 6.07) is 4.53. The van der Waals surface area contributed by atoms with Crippen LogP contribution in [0.2, 0.25) is 0 Å². The summed E-state index contributed by atoms with van der Waals surface area (Å²) in [6.45, 7) is 1.85. The minimum absolute atomic E-state index is 0.0473. The zero-order chi connectivity index (χ0) is 12.3. The van der Waals surface area contributed by atoms with Gasteiger partial charge in [0.2, 0.25) is 3.79 Å². The molecule has 0 aliphatic carbocycles. The second-order valence-corrected chi connectivity index (χ2v) is 6.40. The lowest BCUT2D eigenvalue weighted by Gasteiger charge is -2.16. The Morgan fingerprint density at radius 3 is 2.50 bits per heavy atom. The third-order valence-electron chi connectivity index (χ3n) is 1.81. The maximum absolute atomic E-state index is 13.8. The maximum atomic E-state index is 13.8. The summed E-state index contributed by atoms with van der Waals surface area (Å²) >= 11 is 18.4. The highest BCUT2D eigenvalue weighted by Crippen LogP contribution is 2.44. The van der Waals surface area contributed by atoms with E-state index in [2.05, 4.69) is 0 Å². The average molecular weight is 299 g/mol. The van der Waals surface area contributed by atoms with Gasteiger partial charge in [-0.15, -0.1) is 11.8 Å². The molecule has 0 spiro atoms. The van der Waals surface area contributed by atoms with E-state index in [1.165, 1.54) is 23.9 Å². The second kappa shape index (κ2) is 5.46. The molecule has 86 valence electrons. The van der Waals surface area contributed by atoms with Crippen molar-refractivity contribution in [2.24, 2.45) is 0 Å². The molecule has 0 amide bonds. The summed E-state index contributed by atoms with van der Waals surface area (Å²) in [7, 11) is 0. The third kappa shape index (κ3) is 2.95. The summed E-state index contributed by atoms with van der Waals surface area (Å²) in [5.41, 5.74) is 0.217. The fraction of sp³-hybridized carbons (Fsp3) is 0.300. The quantitative estimate of drug-likeness (QED) is 0.587. The molecule has 0 unspecified atom stereocenters. The van der Waals surface area contributed by atoms with Crippen LogP contribution in [0.1, 0.15) is 18.1 Å². The highest BCUT2D eigenvalue weighted by atomic mass is 35.6. The maximum Gasteiger partial charge on any atom is 0.217 e. The first-order valence-corrected chi connectivity index (χ1v) is 6.46. The van der Waals surface area contributed by atoms with Crippen molar-refractivity contribution >= 4 is 46.6 Å². The normalized spacial score (nSPS) is 11.2. The molecule has 0 N–H and O–H groups in total. The lowest BCUT2D eigenvalue weighted by atomic mass is 10.1. The van der Waals surface area contributed by atoms with Crippen molar-refractivity contribution in [2.75, 3.05) is 5.75 Å². The number of rotatable bonds is 2. The molecule has 16 heavy (non-hydrogen) atoms. The Morgan fingerprint density at radius 1 is 1.44 bits per heavy atom. The molecule has 0 aromatic heterocycles. The van der Waals surface area contributed by atoms with Crippen LogP contribution < -0.4 is 0 Å². The van der Waals surface area contributed by atoms with E-state index in [1.807, 2.05) is 6.92 Å². The third-order valence-corrected chi connectivity index (χ3v) is 3.40. The van der Waals surface area contributed by atoms with E-state index in [0.29, 0.717) is 5.75 Å². The molecular weight excluding hydrogens is 292 g/mol. The molecule has 0 heterocycles. The van der Waals surface area contributed by atoms with Crippen LogP contribution in [0, 0.1) is 17.1 Å². The Bertz CT molecular complexity index is 437. The zero-order valence-electron chi connectivity index (χ0n) is 8.23. The van der Waals surface area contributed by atoms with Gasteiger partial charge >= 0.3 is 0 Å². The van der Waals surface area contributed by atoms with Crippen LogP contribution in [0.25, 0.3) is 0 Å². The van der Waals surface area contributed by atoms with Crippen molar-refractivity contribution < 1.29 is 4.39 Å². The van der Waals surface area contributed by atoms with Crippen LogP contribution in [0.3, 0.4) is 0 Å². The van der Waals surface area contributed by atoms with E-state index in [9.17, 15) is 4.39 Å². The standard InChI is InChI=1S/C10H7Cl3FNS/c1-2-16-9-7(10(11,12)13)4-3-6(5-15)8(9)14/h3-4H,2H2,1H3. The topological polar surface area (TPSA) is 23.8 Å². The van der Waals surface area contributed by atoms with Crippen LogP contribution in [0.5, 0.6) is 0 Å². The SMILES string of the molecule is CCSc1c(C(Cl)(Cl)Cl)ccc(C#N)c1F. The molecule has 0 saturated carbocycles. The molecule has 0 aliphatic rings. The van der Waals surface area contributed by atoms with Crippen molar-refractivity contribution in [3.63, 3.8) is 0 Å². The molecule has 0 aliphatic heterocycles. The average Bonchev–Trinajstić information content (AvgIpc) is 2.19. The van der Waals surface area contributed by atoms with Gasteiger partial charge in [-0.2, -0.15) is 5.26 Å². The lowest BCUT2D eigenvalue weighted by Crippen LogP contribution is -2.05. The fourth-order valence-corrected chi connectivity index (χ4v) is 2.69. The van der Waals surface area contributed by atoms with Gasteiger partial charge in [0.1, 0.15) is 6.07 Å². The highest BCUT2D eigenvalue weighted by Gasteiger charge is 2.29. The summed E-state index contributed by atoms with van der Waals surface area (Å²) < 4.78 is 12.1. The molecule has 0 radical (unpaired) electrons. The number of halogens is 4. The number of alkyl halides is 3. The summed E-state index contributed by atoms with van der Waals surface area (Å²) in [6.07, 6.45) is 0. The van der Waals surface area contributed by atoms with Crippen molar-refractivity contribution in [3.8, 4) is 6.07 Å². The molecule has 6 heteroatoms. The molecular formula is C10H7Cl3FNS. The van der Waals surface area contributed by atoms with E-state index < -0.39 is 9.61 Å². The number of hydrogen-bond acceptors (Lipinski definition) is 2. The summed E-state index contributed by atoms with van der Waals surface area (Å²) in [5.74, 6) is -0.00214. The molecule has 0 saturated heterocycles. The predicted octanol–water partition coefficient (Wildman–Crippen LogP) is 4.64. The summed E-state index contributed by atoms with van der Waals surface area (Å²) in [4.78, 5) is 0.224. The Morgan fingerprint density at radius 2 is 2.06 bits per heavy atom. The van der Waals surface area contributed by atoms with Gasteiger partial charge in [0, 0.05) is 5.56 Å². The first kappa shape index (κ1) is 13.9. The number of benzene rings is 1. The molecule has 0 bridgehead atoms. The first-order valence-electron chi connectivity index (χ1n) is 4.34. The number of hydrogen-bond donors (Lipinski definition) is 0.